The summed E-state index contributed by atoms with van der Waals surface area (Å²) >= 11 is 0. The number of fused-ring (bicyclic) bond motifs is 2. The van der Waals surface area contributed by atoms with Gasteiger partial charge in [0.05, 0.1) is 0 Å². The van der Waals surface area contributed by atoms with Gasteiger partial charge < -0.3 is 5.21 Å². The fourth-order valence-electron chi connectivity index (χ4n) is 2.80. The van der Waals surface area contributed by atoms with Gasteiger partial charge in [0, 0.05) is 16.7 Å². The summed E-state index contributed by atoms with van der Waals surface area (Å²) in [5.74, 6) is -0.565. The molecule has 4 rings (SSSR count). The molecule has 0 radical (unpaired) electrons. The van der Waals surface area contributed by atoms with Gasteiger partial charge in [-0.25, -0.2) is 4.98 Å². The first-order chi connectivity index (χ1) is 11.1. The van der Waals surface area contributed by atoms with E-state index in [0.29, 0.717) is 11.1 Å². The molecule has 0 aliphatic heterocycles. The molecule has 0 saturated carbocycles. The number of aryl methyl sites for hydroxylation is 1. The van der Waals surface area contributed by atoms with Crippen molar-refractivity contribution in [1.29, 1.82) is 0 Å². The third-order valence-corrected chi connectivity index (χ3v) is 4.01. The number of ketones is 2. The third-order valence-electron chi connectivity index (χ3n) is 4.01. The van der Waals surface area contributed by atoms with Crippen molar-refractivity contribution < 1.29 is 14.8 Å². The maximum Gasteiger partial charge on any atom is 0.216 e. The number of nitrogens with zero attached hydrogens (tertiary/aromatic N) is 2. The molecule has 0 unspecified atom stereocenters. The monoisotopic (exact) mass is 304 g/mol. The highest BCUT2D eigenvalue weighted by atomic mass is 16.5. The zero-order valence-corrected chi connectivity index (χ0v) is 12.3. The van der Waals surface area contributed by atoms with E-state index in [9.17, 15) is 14.8 Å². The van der Waals surface area contributed by atoms with Crippen LogP contribution in [0.1, 0.15) is 37.7 Å². The lowest BCUT2D eigenvalue weighted by Crippen LogP contribution is -2.22. The van der Waals surface area contributed by atoms with Crippen molar-refractivity contribution in [2.45, 2.75) is 6.92 Å². The molecule has 0 spiro atoms. The number of hydrogen-bond donors (Lipinski definition) is 1. The van der Waals surface area contributed by atoms with E-state index in [-0.39, 0.29) is 28.6 Å². The van der Waals surface area contributed by atoms with Crippen LogP contribution in [0.2, 0.25) is 0 Å². The van der Waals surface area contributed by atoms with Crippen molar-refractivity contribution in [3.05, 3.63) is 76.6 Å². The quantitative estimate of drug-likeness (QED) is 0.549. The number of carbonyl (C=O) groups excluding carboxylic acids is 2. The first-order valence-corrected chi connectivity index (χ1v) is 7.15. The summed E-state index contributed by atoms with van der Waals surface area (Å²) in [6.07, 6.45) is 0. The van der Waals surface area contributed by atoms with E-state index in [0.717, 1.165) is 10.3 Å². The molecule has 0 fully saturated rings. The predicted molar refractivity (Wildman–Crippen MR) is 82.9 cm³/mol. The molecule has 0 atom stereocenters. The standard InChI is InChI=1S/C18H12N2O3/c1-10-6-8-11(9-7-10)18-19-14-15(20(18)23)17(22)13-5-3-2-4-12(13)16(14)21/h2-9,23H,1H3. The van der Waals surface area contributed by atoms with E-state index >= 15 is 0 Å². The largest absolute Gasteiger partial charge is 0.426 e. The zero-order valence-electron chi connectivity index (χ0n) is 12.3. The van der Waals surface area contributed by atoms with Gasteiger partial charge in [0.25, 0.3) is 0 Å². The second-order valence-electron chi connectivity index (χ2n) is 5.51. The molecular weight excluding hydrogens is 292 g/mol. The van der Waals surface area contributed by atoms with Crippen LogP contribution < -0.4 is 0 Å². The lowest BCUT2D eigenvalue weighted by atomic mass is 9.90. The maximum absolute atomic E-state index is 12.6. The number of aromatic nitrogens is 2. The van der Waals surface area contributed by atoms with Crippen LogP contribution in [0.4, 0.5) is 0 Å². The summed E-state index contributed by atoms with van der Waals surface area (Å²) < 4.78 is 0.718. The molecule has 1 aliphatic carbocycles. The van der Waals surface area contributed by atoms with Crippen molar-refractivity contribution in [3.8, 4) is 11.4 Å². The molecule has 0 saturated heterocycles. The van der Waals surface area contributed by atoms with Gasteiger partial charge in [-0.3, -0.25) is 9.59 Å². The topological polar surface area (TPSA) is 72.2 Å². The first-order valence-electron chi connectivity index (χ1n) is 7.15. The summed E-state index contributed by atoms with van der Waals surface area (Å²) in [5.41, 5.74) is 2.22. The van der Waals surface area contributed by atoms with E-state index in [1.165, 1.54) is 0 Å². The molecule has 3 aromatic rings. The molecule has 5 nitrogen and oxygen atoms in total. The molecule has 1 heterocycles. The summed E-state index contributed by atoms with van der Waals surface area (Å²) in [4.78, 5) is 29.4. The predicted octanol–water partition coefficient (Wildman–Crippen LogP) is 2.87. The number of carbonyl (C=O) groups is 2. The van der Waals surface area contributed by atoms with E-state index in [4.69, 9.17) is 0 Å². The Hall–Kier alpha value is -3.21. The van der Waals surface area contributed by atoms with Gasteiger partial charge in [0.2, 0.25) is 11.6 Å². The van der Waals surface area contributed by atoms with Crippen LogP contribution >= 0.6 is 0 Å². The minimum Gasteiger partial charge on any atom is -0.426 e. The zero-order chi connectivity index (χ0) is 16.1. The van der Waals surface area contributed by atoms with Gasteiger partial charge in [-0.2, -0.15) is 4.73 Å². The molecule has 112 valence electrons. The minimum absolute atomic E-state index is 0.00762. The van der Waals surface area contributed by atoms with Crippen LogP contribution in [0.15, 0.2) is 48.5 Å². The molecule has 1 N–H and O–H groups in total. The average Bonchev–Trinajstić information content (AvgIpc) is 2.91. The Kier molecular flexibility index (Phi) is 2.72. The maximum atomic E-state index is 12.6. The van der Waals surface area contributed by atoms with Crippen LogP contribution in [0, 0.1) is 6.92 Å². The van der Waals surface area contributed by atoms with E-state index < -0.39 is 5.78 Å². The Morgan fingerprint density at radius 1 is 0.913 bits per heavy atom. The highest BCUT2D eigenvalue weighted by Gasteiger charge is 2.36. The van der Waals surface area contributed by atoms with Crippen molar-refractivity contribution in [2.24, 2.45) is 0 Å². The van der Waals surface area contributed by atoms with Crippen molar-refractivity contribution >= 4 is 11.6 Å². The van der Waals surface area contributed by atoms with Gasteiger partial charge in [-0.15, -0.1) is 0 Å². The smallest absolute Gasteiger partial charge is 0.216 e. The lowest BCUT2D eigenvalue weighted by molar-refractivity contribution is 0.0941. The Balaban J connectivity index is 1.95. The fraction of sp³-hybridized carbons (Fsp3) is 0.0556. The van der Waals surface area contributed by atoms with Crippen LogP contribution in [0.25, 0.3) is 11.4 Å². The second-order valence-corrected chi connectivity index (χ2v) is 5.51. The number of rotatable bonds is 1. The van der Waals surface area contributed by atoms with Gasteiger partial charge in [0.1, 0.15) is 5.69 Å². The van der Waals surface area contributed by atoms with Gasteiger partial charge in [-0.05, 0) is 6.92 Å². The van der Waals surface area contributed by atoms with Crippen LogP contribution in [-0.4, -0.2) is 26.5 Å². The first kappa shape index (κ1) is 13.5. The van der Waals surface area contributed by atoms with Crippen molar-refractivity contribution in [3.63, 3.8) is 0 Å². The normalized spacial score (nSPS) is 12.9. The van der Waals surface area contributed by atoms with E-state index in [2.05, 4.69) is 4.98 Å². The minimum atomic E-state index is -0.399. The lowest BCUT2D eigenvalue weighted by Gasteiger charge is -2.13. The fourth-order valence-corrected chi connectivity index (χ4v) is 2.80. The average molecular weight is 304 g/mol. The molecule has 2 aromatic carbocycles. The SMILES string of the molecule is Cc1ccc(-c2nc3c(n2O)C(=O)c2ccccc2C3=O)cc1. The summed E-state index contributed by atoms with van der Waals surface area (Å²) in [5, 5.41) is 10.4. The highest BCUT2D eigenvalue weighted by molar-refractivity contribution is 6.27. The van der Waals surface area contributed by atoms with Crippen LogP contribution in [0.3, 0.4) is 0 Å². The molecule has 1 aliphatic rings. The summed E-state index contributed by atoms with van der Waals surface area (Å²) in [6, 6.07) is 13.9. The van der Waals surface area contributed by atoms with Crippen LogP contribution in [0.5, 0.6) is 0 Å². The third kappa shape index (κ3) is 1.83. The molecule has 0 amide bonds. The Labute approximate surface area is 131 Å². The summed E-state index contributed by atoms with van der Waals surface area (Å²) in [7, 11) is 0. The Morgan fingerprint density at radius 2 is 1.52 bits per heavy atom. The molecule has 0 bridgehead atoms. The summed E-state index contributed by atoms with van der Waals surface area (Å²) in [6.45, 7) is 1.95. The van der Waals surface area contributed by atoms with Crippen LogP contribution in [-0.2, 0) is 0 Å². The van der Waals surface area contributed by atoms with Crippen molar-refractivity contribution in [2.75, 3.05) is 0 Å². The van der Waals surface area contributed by atoms with Crippen molar-refractivity contribution in [1.82, 2.24) is 9.71 Å². The number of benzene rings is 2. The highest BCUT2D eigenvalue weighted by Crippen LogP contribution is 2.30. The van der Waals surface area contributed by atoms with Gasteiger partial charge >= 0.3 is 0 Å². The second kappa shape index (κ2) is 4.64. The molecule has 1 aromatic heterocycles. The number of imidazole rings is 1. The molecule has 23 heavy (non-hydrogen) atoms. The van der Waals surface area contributed by atoms with Gasteiger partial charge in [0.15, 0.2) is 11.5 Å². The number of hydrogen-bond acceptors (Lipinski definition) is 4. The van der Waals surface area contributed by atoms with Gasteiger partial charge in [-0.1, -0.05) is 54.1 Å². The van der Waals surface area contributed by atoms with E-state index in [1.54, 1.807) is 36.4 Å². The Bertz CT molecular complexity index is 968. The van der Waals surface area contributed by atoms with E-state index in [1.807, 2.05) is 19.1 Å². The molecular formula is C18H12N2O3. The molecule has 5 heteroatoms. The Morgan fingerprint density at radius 3 is 2.17 bits per heavy atom.